The minimum atomic E-state index is -0.525. The van der Waals surface area contributed by atoms with Crippen LogP contribution < -0.4 is 5.32 Å². The van der Waals surface area contributed by atoms with Crippen LogP contribution in [0.4, 0.5) is 5.69 Å². The molecular weight excluding hydrogens is 284 g/mol. The summed E-state index contributed by atoms with van der Waals surface area (Å²) in [4.78, 5) is 23.3. The molecule has 6 heteroatoms. The van der Waals surface area contributed by atoms with Gasteiger partial charge in [-0.05, 0) is 31.0 Å². The maximum absolute atomic E-state index is 12.1. The van der Waals surface area contributed by atoms with Gasteiger partial charge in [0.05, 0.1) is 12.5 Å². The lowest BCUT2D eigenvalue weighted by molar-refractivity contribution is -0.145. The van der Waals surface area contributed by atoms with Crippen LogP contribution in [0.1, 0.15) is 44.6 Å². The molecule has 0 heterocycles. The monoisotopic (exact) mass is 306 g/mol. The first-order valence-corrected chi connectivity index (χ1v) is 7.37. The van der Waals surface area contributed by atoms with Crippen molar-refractivity contribution in [3.8, 4) is 0 Å². The molecule has 0 saturated carbocycles. The molecule has 22 heavy (non-hydrogen) atoms. The van der Waals surface area contributed by atoms with Crippen molar-refractivity contribution in [3.05, 3.63) is 29.8 Å². The van der Waals surface area contributed by atoms with Crippen molar-refractivity contribution in [2.24, 2.45) is 5.16 Å². The number of rotatable bonds is 8. The van der Waals surface area contributed by atoms with Crippen molar-refractivity contribution >= 4 is 23.8 Å². The Morgan fingerprint density at radius 2 is 2.00 bits per heavy atom. The lowest BCUT2D eigenvalue weighted by Gasteiger charge is -2.16. The molecule has 1 rings (SSSR count). The summed E-state index contributed by atoms with van der Waals surface area (Å²) in [5.41, 5.74) is 1.42. The van der Waals surface area contributed by atoms with Gasteiger partial charge in [0.15, 0.2) is 0 Å². The molecule has 0 spiro atoms. The largest absolute Gasteiger partial charge is 0.466 e. The van der Waals surface area contributed by atoms with Gasteiger partial charge in [0.1, 0.15) is 6.21 Å². The first-order valence-electron chi connectivity index (χ1n) is 7.37. The Labute approximate surface area is 130 Å². The Hall–Kier alpha value is -2.37. The highest BCUT2D eigenvalue weighted by Gasteiger charge is 2.21. The quantitative estimate of drug-likeness (QED) is 0.334. The van der Waals surface area contributed by atoms with Gasteiger partial charge in [-0.1, -0.05) is 37.1 Å². The van der Waals surface area contributed by atoms with Gasteiger partial charge in [-0.3, -0.25) is 9.59 Å². The SMILES string of the molecule is CCCCC(C(=O)OCC)c1ccc(NC(=O)/C=N\O)cc1. The van der Waals surface area contributed by atoms with Crippen molar-refractivity contribution in [2.45, 2.75) is 39.0 Å². The Morgan fingerprint density at radius 1 is 1.32 bits per heavy atom. The van der Waals surface area contributed by atoms with Crippen molar-refractivity contribution in [1.29, 1.82) is 0 Å². The third-order valence-electron chi connectivity index (χ3n) is 3.17. The van der Waals surface area contributed by atoms with Crippen LogP contribution in [0.5, 0.6) is 0 Å². The predicted octanol–water partition coefficient (Wildman–Crippen LogP) is 2.92. The number of oxime groups is 1. The van der Waals surface area contributed by atoms with Gasteiger partial charge in [0.2, 0.25) is 0 Å². The Bertz CT molecular complexity index is 511. The van der Waals surface area contributed by atoms with Crippen LogP contribution in [0.15, 0.2) is 29.4 Å². The van der Waals surface area contributed by atoms with Gasteiger partial charge in [0, 0.05) is 5.69 Å². The summed E-state index contributed by atoms with van der Waals surface area (Å²) in [5.74, 6) is -1.04. The lowest BCUT2D eigenvalue weighted by atomic mass is 9.93. The molecule has 6 nitrogen and oxygen atoms in total. The fraction of sp³-hybridized carbons (Fsp3) is 0.438. The first kappa shape index (κ1) is 17.7. The van der Waals surface area contributed by atoms with E-state index in [0.29, 0.717) is 12.3 Å². The third kappa shape index (κ3) is 5.55. The molecule has 1 unspecified atom stereocenters. The maximum Gasteiger partial charge on any atom is 0.313 e. The van der Waals surface area contributed by atoms with E-state index in [2.05, 4.69) is 17.4 Å². The van der Waals surface area contributed by atoms with Crippen LogP contribution in [0.25, 0.3) is 0 Å². The van der Waals surface area contributed by atoms with Gasteiger partial charge in [0.25, 0.3) is 5.91 Å². The molecule has 0 radical (unpaired) electrons. The number of carbonyl (C=O) groups excluding carboxylic acids is 2. The zero-order chi connectivity index (χ0) is 16.4. The van der Waals surface area contributed by atoms with Crippen LogP contribution in [0.2, 0.25) is 0 Å². The van der Waals surface area contributed by atoms with E-state index < -0.39 is 5.91 Å². The molecule has 0 bridgehead atoms. The minimum absolute atomic E-state index is 0.222. The molecule has 1 amide bonds. The van der Waals surface area contributed by atoms with E-state index in [9.17, 15) is 9.59 Å². The van der Waals surface area contributed by atoms with E-state index in [1.807, 2.05) is 0 Å². The highest BCUT2D eigenvalue weighted by Crippen LogP contribution is 2.25. The van der Waals surface area contributed by atoms with Crippen LogP contribution in [0.3, 0.4) is 0 Å². The van der Waals surface area contributed by atoms with Crippen LogP contribution in [-0.4, -0.2) is 29.9 Å². The lowest BCUT2D eigenvalue weighted by Crippen LogP contribution is -2.16. The highest BCUT2D eigenvalue weighted by molar-refractivity contribution is 6.31. The zero-order valence-electron chi connectivity index (χ0n) is 12.9. The summed E-state index contributed by atoms with van der Waals surface area (Å²) in [6.45, 7) is 4.22. The van der Waals surface area contributed by atoms with Gasteiger partial charge in [-0.25, -0.2) is 0 Å². The number of esters is 1. The number of hydrogen-bond donors (Lipinski definition) is 2. The predicted molar refractivity (Wildman–Crippen MR) is 84.2 cm³/mol. The number of unbranched alkanes of at least 4 members (excludes halogenated alkanes) is 1. The van der Waals surface area contributed by atoms with E-state index in [4.69, 9.17) is 9.94 Å². The highest BCUT2D eigenvalue weighted by atomic mass is 16.5. The molecule has 1 aromatic rings. The van der Waals surface area contributed by atoms with Gasteiger partial charge >= 0.3 is 5.97 Å². The topological polar surface area (TPSA) is 88.0 Å². The second-order valence-corrected chi connectivity index (χ2v) is 4.80. The normalized spacial score (nSPS) is 12.1. The van der Waals surface area contributed by atoms with Crippen molar-refractivity contribution in [2.75, 3.05) is 11.9 Å². The van der Waals surface area contributed by atoms with E-state index in [1.54, 1.807) is 31.2 Å². The summed E-state index contributed by atoms with van der Waals surface area (Å²) in [5, 5.41) is 13.5. The van der Waals surface area contributed by atoms with Crippen LogP contribution in [0, 0.1) is 0 Å². The number of hydrogen-bond acceptors (Lipinski definition) is 5. The van der Waals surface area contributed by atoms with Crippen LogP contribution in [-0.2, 0) is 14.3 Å². The second-order valence-electron chi connectivity index (χ2n) is 4.80. The van der Waals surface area contributed by atoms with Gasteiger partial charge in [-0.2, -0.15) is 0 Å². The minimum Gasteiger partial charge on any atom is -0.466 e. The number of anilines is 1. The van der Waals surface area contributed by atoms with Gasteiger partial charge in [-0.15, -0.1) is 0 Å². The molecule has 2 N–H and O–H groups in total. The van der Waals surface area contributed by atoms with E-state index in [1.165, 1.54) is 0 Å². The van der Waals surface area contributed by atoms with E-state index in [-0.39, 0.29) is 11.9 Å². The second kappa shape index (κ2) is 9.55. The summed E-state index contributed by atoms with van der Waals surface area (Å²) < 4.78 is 5.13. The molecule has 0 aliphatic rings. The molecule has 0 fully saturated rings. The van der Waals surface area contributed by atoms with Crippen molar-refractivity contribution in [1.82, 2.24) is 0 Å². The van der Waals surface area contributed by atoms with Crippen LogP contribution >= 0.6 is 0 Å². The molecule has 0 aliphatic carbocycles. The number of nitrogens with one attached hydrogen (secondary N) is 1. The summed E-state index contributed by atoms with van der Waals surface area (Å²) >= 11 is 0. The average Bonchev–Trinajstić information content (AvgIpc) is 2.50. The summed E-state index contributed by atoms with van der Waals surface area (Å²) in [6.07, 6.45) is 3.45. The number of ether oxygens (including phenoxy) is 1. The Kier molecular flexibility index (Phi) is 7.67. The average molecular weight is 306 g/mol. The third-order valence-corrected chi connectivity index (χ3v) is 3.17. The molecule has 1 aromatic carbocycles. The molecule has 0 saturated heterocycles. The fourth-order valence-electron chi connectivity index (χ4n) is 2.10. The Balaban J connectivity index is 2.82. The van der Waals surface area contributed by atoms with E-state index in [0.717, 1.165) is 31.0 Å². The van der Waals surface area contributed by atoms with Crippen molar-refractivity contribution < 1.29 is 19.5 Å². The standard InChI is InChI=1S/C16H22N2O4/c1-3-5-6-14(16(20)22-4-2)12-7-9-13(10-8-12)18-15(19)11-17-21/h7-11,14,21H,3-6H2,1-2H3,(H,18,19)/b17-11-. The van der Waals surface area contributed by atoms with E-state index >= 15 is 0 Å². The van der Waals surface area contributed by atoms with Crippen molar-refractivity contribution in [3.63, 3.8) is 0 Å². The summed E-state index contributed by atoms with van der Waals surface area (Å²) in [6, 6.07) is 7.00. The first-order chi connectivity index (χ1) is 10.6. The Morgan fingerprint density at radius 3 is 2.55 bits per heavy atom. The van der Waals surface area contributed by atoms with Gasteiger partial charge < -0.3 is 15.3 Å². The smallest absolute Gasteiger partial charge is 0.313 e. The number of nitrogens with zero attached hydrogens (tertiary/aromatic N) is 1. The summed E-state index contributed by atoms with van der Waals surface area (Å²) in [7, 11) is 0. The molecule has 0 aromatic heterocycles. The molecule has 120 valence electrons. The fourth-order valence-corrected chi connectivity index (χ4v) is 2.10. The molecular formula is C16H22N2O4. The number of carbonyl (C=O) groups is 2. The zero-order valence-corrected chi connectivity index (χ0v) is 12.9. The molecule has 0 aliphatic heterocycles. The molecule has 1 atom stereocenters. The number of amides is 1. The number of benzene rings is 1. The maximum atomic E-state index is 12.1.